The van der Waals surface area contributed by atoms with Crippen LogP contribution < -0.4 is 0 Å². The van der Waals surface area contributed by atoms with Crippen molar-refractivity contribution in [1.29, 1.82) is 0 Å². The van der Waals surface area contributed by atoms with Crippen molar-refractivity contribution in [3.63, 3.8) is 0 Å². The summed E-state index contributed by atoms with van der Waals surface area (Å²) in [5.41, 5.74) is 0.935. The maximum Gasteiger partial charge on any atom is 0.325 e. The fraction of sp³-hybridized carbons (Fsp3) is 0.375. The maximum atomic E-state index is 12.2. The molecule has 0 heterocycles. The first-order valence-corrected chi connectivity index (χ1v) is 7.79. The minimum atomic E-state index is -0.353. The molecule has 1 aromatic carbocycles. The Morgan fingerprint density at radius 2 is 2.19 bits per heavy atom. The van der Waals surface area contributed by atoms with E-state index >= 15 is 0 Å². The van der Waals surface area contributed by atoms with E-state index in [0.29, 0.717) is 6.61 Å². The highest BCUT2D eigenvalue weighted by Crippen LogP contribution is 2.27. The molecule has 0 aliphatic heterocycles. The van der Waals surface area contributed by atoms with E-state index in [0.717, 1.165) is 22.9 Å². The predicted molar refractivity (Wildman–Crippen MR) is 84.5 cm³/mol. The summed E-state index contributed by atoms with van der Waals surface area (Å²) >= 11 is 3.39. The standard InChI is InChI=1S/C16H18BrNO3/c1-2-21-16(20)11-18(14-7-8-14)15(19)9-6-12-4-3-5-13(17)10-12/h3-6,9-10,14H,2,7-8,11H2,1H3. The van der Waals surface area contributed by atoms with Gasteiger partial charge in [0.15, 0.2) is 0 Å². The number of rotatable bonds is 6. The van der Waals surface area contributed by atoms with Crippen molar-refractivity contribution in [2.45, 2.75) is 25.8 Å². The highest BCUT2D eigenvalue weighted by atomic mass is 79.9. The molecule has 0 aromatic heterocycles. The van der Waals surface area contributed by atoms with Crippen molar-refractivity contribution in [3.8, 4) is 0 Å². The molecule has 0 saturated heterocycles. The third-order valence-electron chi connectivity index (χ3n) is 3.14. The quantitative estimate of drug-likeness (QED) is 0.584. The summed E-state index contributed by atoms with van der Waals surface area (Å²) in [6.07, 6.45) is 5.18. The molecule has 1 amide bonds. The summed E-state index contributed by atoms with van der Waals surface area (Å²) in [7, 11) is 0. The number of esters is 1. The molecule has 0 unspecified atom stereocenters. The molecule has 5 heteroatoms. The molecule has 21 heavy (non-hydrogen) atoms. The molecule has 0 N–H and O–H groups in total. The van der Waals surface area contributed by atoms with Crippen LogP contribution in [-0.2, 0) is 14.3 Å². The number of carbonyl (C=O) groups excluding carboxylic acids is 2. The van der Waals surface area contributed by atoms with Gasteiger partial charge in [0.05, 0.1) is 6.61 Å². The third-order valence-corrected chi connectivity index (χ3v) is 3.64. The fourth-order valence-electron chi connectivity index (χ4n) is 1.99. The van der Waals surface area contributed by atoms with E-state index < -0.39 is 0 Å². The van der Waals surface area contributed by atoms with E-state index in [9.17, 15) is 9.59 Å². The molecule has 1 aliphatic carbocycles. The lowest BCUT2D eigenvalue weighted by Gasteiger charge is -2.19. The van der Waals surface area contributed by atoms with E-state index in [1.165, 1.54) is 6.08 Å². The third kappa shape index (κ3) is 5.01. The summed E-state index contributed by atoms with van der Waals surface area (Å²) in [6, 6.07) is 7.86. The van der Waals surface area contributed by atoms with Crippen LogP contribution in [0.1, 0.15) is 25.3 Å². The number of ether oxygens (including phenoxy) is 1. The van der Waals surface area contributed by atoms with Crippen LogP contribution in [-0.4, -0.2) is 36.0 Å². The molecule has 1 fully saturated rings. The molecule has 112 valence electrons. The van der Waals surface area contributed by atoms with Crippen LogP contribution in [0.3, 0.4) is 0 Å². The van der Waals surface area contributed by atoms with Gasteiger partial charge in [0.1, 0.15) is 6.54 Å². The largest absolute Gasteiger partial charge is 0.465 e. The number of nitrogens with zero attached hydrogens (tertiary/aromatic N) is 1. The van der Waals surface area contributed by atoms with Crippen LogP contribution in [0.25, 0.3) is 6.08 Å². The molecule has 0 spiro atoms. The average Bonchev–Trinajstić information content (AvgIpc) is 3.27. The van der Waals surface area contributed by atoms with Crippen molar-refractivity contribution in [1.82, 2.24) is 4.90 Å². The predicted octanol–water partition coefficient (Wildman–Crippen LogP) is 3.02. The number of hydrogen-bond acceptors (Lipinski definition) is 3. The lowest BCUT2D eigenvalue weighted by molar-refractivity contribution is -0.148. The second kappa shape index (κ2) is 7.41. The average molecular weight is 352 g/mol. The maximum absolute atomic E-state index is 12.2. The molecule has 1 aliphatic rings. The number of hydrogen-bond donors (Lipinski definition) is 0. The van der Waals surface area contributed by atoms with Crippen molar-refractivity contribution >= 4 is 33.9 Å². The van der Waals surface area contributed by atoms with E-state index in [-0.39, 0.29) is 24.5 Å². The van der Waals surface area contributed by atoms with Crippen molar-refractivity contribution in [3.05, 3.63) is 40.4 Å². The van der Waals surface area contributed by atoms with Crippen molar-refractivity contribution in [2.75, 3.05) is 13.2 Å². The molecule has 0 atom stereocenters. The van der Waals surface area contributed by atoms with Gasteiger partial charge in [-0.1, -0.05) is 28.1 Å². The molecule has 0 bridgehead atoms. The van der Waals surface area contributed by atoms with Crippen LogP contribution in [0.15, 0.2) is 34.8 Å². The highest BCUT2D eigenvalue weighted by molar-refractivity contribution is 9.10. The Labute approximate surface area is 132 Å². The molecular formula is C16H18BrNO3. The van der Waals surface area contributed by atoms with E-state index in [4.69, 9.17) is 4.74 Å². The van der Waals surface area contributed by atoms with Crippen molar-refractivity contribution in [2.24, 2.45) is 0 Å². The van der Waals surface area contributed by atoms with Gasteiger partial charge in [-0.25, -0.2) is 0 Å². The van der Waals surface area contributed by atoms with E-state index in [1.807, 2.05) is 24.3 Å². The summed E-state index contributed by atoms with van der Waals surface area (Å²) in [4.78, 5) is 25.4. The van der Waals surface area contributed by atoms with Gasteiger partial charge < -0.3 is 9.64 Å². The lowest BCUT2D eigenvalue weighted by Crippen LogP contribution is -2.37. The summed E-state index contributed by atoms with van der Waals surface area (Å²) in [5, 5.41) is 0. The Hall–Kier alpha value is -1.62. The zero-order chi connectivity index (χ0) is 15.2. The highest BCUT2D eigenvalue weighted by Gasteiger charge is 2.33. The van der Waals surface area contributed by atoms with Crippen LogP contribution >= 0.6 is 15.9 Å². The molecule has 4 nitrogen and oxygen atoms in total. The van der Waals surface area contributed by atoms with Gasteiger partial charge in [0.25, 0.3) is 0 Å². The number of amides is 1. The minimum absolute atomic E-state index is 0.0279. The van der Waals surface area contributed by atoms with Gasteiger partial charge in [-0.3, -0.25) is 9.59 Å². The number of carbonyl (C=O) groups is 2. The first-order chi connectivity index (χ1) is 10.1. The second-order valence-electron chi connectivity index (χ2n) is 4.89. The summed E-state index contributed by atoms with van der Waals surface area (Å²) in [6.45, 7) is 2.12. The van der Waals surface area contributed by atoms with Gasteiger partial charge in [-0.2, -0.15) is 0 Å². The Morgan fingerprint density at radius 3 is 2.81 bits per heavy atom. The van der Waals surface area contributed by atoms with Crippen LogP contribution in [0.5, 0.6) is 0 Å². The first kappa shape index (κ1) is 15.8. The second-order valence-corrected chi connectivity index (χ2v) is 5.81. The Kier molecular flexibility index (Phi) is 5.56. The number of halogens is 1. The zero-order valence-electron chi connectivity index (χ0n) is 11.9. The minimum Gasteiger partial charge on any atom is -0.465 e. The summed E-state index contributed by atoms with van der Waals surface area (Å²) in [5.74, 6) is -0.501. The smallest absolute Gasteiger partial charge is 0.325 e. The first-order valence-electron chi connectivity index (χ1n) is 7.00. The fourth-order valence-corrected chi connectivity index (χ4v) is 2.41. The van der Waals surface area contributed by atoms with Gasteiger partial charge in [0, 0.05) is 16.6 Å². The molecule has 0 radical (unpaired) electrons. The lowest BCUT2D eigenvalue weighted by atomic mass is 10.2. The van der Waals surface area contributed by atoms with E-state index in [1.54, 1.807) is 17.9 Å². The van der Waals surface area contributed by atoms with E-state index in [2.05, 4.69) is 15.9 Å². The van der Waals surface area contributed by atoms with Gasteiger partial charge >= 0.3 is 5.97 Å². The van der Waals surface area contributed by atoms with Crippen LogP contribution in [0.4, 0.5) is 0 Å². The molecule has 2 rings (SSSR count). The van der Waals surface area contributed by atoms with Crippen LogP contribution in [0.2, 0.25) is 0 Å². The topological polar surface area (TPSA) is 46.6 Å². The normalized spacial score (nSPS) is 14.2. The Bertz CT molecular complexity index is 552. The SMILES string of the molecule is CCOC(=O)CN(C(=O)C=Cc1cccc(Br)c1)C1CC1. The monoisotopic (exact) mass is 351 g/mol. The van der Waals surface area contributed by atoms with Crippen molar-refractivity contribution < 1.29 is 14.3 Å². The van der Waals surface area contributed by atoms with Gasteiger partial charge in [-0.15, -0.1) is 0 Å². The van der Waals surface area contributed by atoms with Crippen LogP contribution in [0, 0.1) is 0 Å². The Balaban J connectivity index is 2.00. The molecule has 1 saturated carbocycles. The molecule has 1 aromatic rings. The molecular weight excluding hydrogens is 334 g/mol. The Morgan fingerprint density at radius 1 is 1.43 bits per heavy atom. The van der Waals surface area contributed by atoms with Gasteiger partial charge in [0.2, 0.25) is 5.91 Å². The summed E-state index contributed by atoms with van der Waals surface area (Å²) < 4.78 is 5.88. The van der Waals surface area contributed by atoms with Gasteiger partial charge in [-0.05, 0) is 43.5 Å². The zero-order valence-corrected chi connectivity index (χ0v) is 13.5. The number of benzene rings is 1.